The summed E-state index contributed by atoms with van der Waals surface area (Å²) >= 11 is 1.60. The van der Waals surface area contributed by atoms with Gasteiger partial charge in [0.1, 0.15) is 12.4 Å². The third-order valence-electron chi connectivity index (χ3n) is 3.95. The topological polar surface area (TPSA) is 60.5 Å². The molecular formula is C19H24N2O3S. The maximum Gasteiger partial charge on any atom is 0.251 e. The number of hydrogen-bond acceptors (Lipinski definition) is 5. The molecule has 1 aliphatic carbocycles. The summed E-state index contributed by atoms with van der Waals surface area (Å²) in [6.45, 7) is 4.56. The Morgan fingerprint density at radius 3 is 3.04 bits per heavy atom. The maximum atomic E-state index is 12.2. The Bertz CT molecular complexity index is 697. The Kier molecular flexibility index (Phi) is 6.42. The van der Waals surface area contributed by atoms with Crippen molar-refractivity contribution in [2.75, 3.05) is 19.8 Å². The van der Waals surface area contributed by atoms with Crippen molar-refractivity contribution in [2.45, 2.75) is 32.8 Å². The summed E-state index contributed by atoms with van der Waals surface area (Å²) in [6, 6.07) is 7.23. The fourth-order valence-corrected chi connectivity index (χ4v) is 2.97. The second-order valence-corrected chi connectivity index (χ2v) is 7.36. The Morgan fingerprint density at radius 1 is 1.40 bits per heavy atom. The van der Waals surface area contributed by atoms with Crippen molar-refractivity contribution in [3.63, 3.8) is 0 Å². The van der Waals surface area contributed by atoms with E-state index in [1.165, 1.54) is 12.8 Å². The Balaban J connectivity index is 1.39. The van der Waals surface area contributed by atoms with E-state index in [0.29, 0.717) is 31.1 Å². The fourth-order valence-electron chi connectivity index (χ4n) is 2.37. The number of nitrogens with one attached hydrogen (secondary N) is 1. The molecule has 1 fully saturated rings. The molecule has 0 atom stereocenters. The molecule has 134 valence electrons. The van der Waals surface area contributed by atoms with Crippen LogP contribution in [0.25, 0.3) is 0 Å². The molecule has 6 heteroatoms. The molecule has 1 aromatic heterocycles. The van der Waals surface area contributed by atoms with Gasteiger partial charge < -0.3 is 14.8 Å². The lowest BCUT2D eigenvalue weighted by Gasteiger charge is -2.08. The van der Waals surface area contributed by atoms with E-state index >= 15 is 0 Å². The lowest BCUT2D eigenvalue weighted by atomic mass is 10.2. The van der Waals surface area contributed by atoms with E-state index in [0.717, 1.165) is 29.6 Å². The molecule has 1 amide bonds. The molecule has 0 bridgehead atoms. The molecule has 25 heavy (non-hydrogen) atoms. The van der Waals surface area contributed by atoms with E-state index in [4.69, 9.17) is 9.47 Å². The molecule has 0 radical (unpaired) electrons. The highest BCUT2D eigenvalue weighted by molar-refractivity contribution is 7.09. The van der Waals surface area contributed by atoms with Gasteiger partial charge in [0.25, 0.3) is 5.91 Å². The fraction of sp³-hybridized carbons (Fsp3) is 0.474. The van der Waals surface area contributed by atoms with Gasteiger partial charge in [0.05, 0.1) is 10.7 Å². The molecule has 5 nitrogen and oxygen atoms in total. The van der Waals surface area contributed by atoms with Gasteiger partial charge >= 0.3 is 0 Å². The number of carbonyl (C=O) groups is 1. The Labute approximate surface area is 152 Å². The first-order valence-corrected chi connectivity index (χ1v) is 9.58. The van der Waals surface area contributed by atoms with Crippen LogP contribution >= 0.6 is 11.3 Å². The first-order chi connectivity index (χ1) is 12.2. The normalized spacial score (nSPS) is 13.6. The van der Waals surface area contributed by atoms with Crippen LogP contribution in [-0.4, -0.2) is 30.6 Å². The van der Waals surface area contributed by atoms with Crippen LogP contribution < -0.4 is 10.1 Å². The van der Waals surface area contributed by atoms with Gasteiger partial charge in [0, 0.05) is 30.7 Å². The van der Waals surface area contributed by atoms with Gasteiger partial charge in [-0.05, 0) is 50.3 Å². The third-order valence-corrected chi connectivity index (χ3v) is 4.77. The van der Waals surface area contributed by atoms with Crippen molar-refractivity contribution in [3.8, 4) is 5.75 Å². The third kappa shape index (κ3) is 6.14. The van der Waals surface area contributed by atoms with Crippen molar-refractivity contribution >= 4 is 17.2 Å². The van der Waals surface area contributed by atoms with Crippen molar-refractivity contribution in [2.24, 2.45) is 5.92 Å². The standard InChI is InChI=1S/C19H24N2O3S/c1-14-21-17(13-25-14)12-24-18-5-2-4-16(10-18)19(22)20-8-3-9-23-11-15-6-7-15/h2,4-5,10,13,15H,3,6-9,11-12H2,1H3,(H,20,22). The summed E-state index contributed by atoms with van der Waals surface area (Å²) in [4.78, 5) is 16.6. The van der Waals surface area contributed by atoms with Crippen molar-refractivity contribution in [1.82, 2.24) is 10.3 Å². The van der Waals surface area contributed by atoms with E-state index in [1.807, 2.05) is 24.4 Å². The van der Waals surface area contributed by atoms with Gasteiger partial charge in [-0.15, -0.1) is 11.3 Å². The van der Waals surface area contributed by atoms with Gasteiger partial charge in [-0.2, -0.15) is 0 Å². The van der Waals surface area contributed by atoms with Crippen LogP contribution in [0.15, 0.2) is 29.6 Å². The van der Waals surface area contributed by atoms with Crippen molar-refractivity contribution in [1.29, 1.82) is 0 Å². The smallest absolute Gasteiger partial charge is 0.251 e. The SMILES string of the molecule is Cc1nc(COc2cccc(C(=O)NCCCOCC3CC3)c2)cs1. The average molecular weight is 360 g/mol. The lowest BCUT2D eigenvalue weighted by Crippen LogP contribution is -2.25. The summed E-state index contributed by atoms with van der Waals surface area (Å²) in [5.74, 6) is 1.37. The highest BCUT2D eigenvalue weighted by Gasteiger charge is 2.20. The lowest BCUT2D eigenvalue weighted by molar-refractivity contribution is 0.0937. The summed E-state index contributed by atoms with van der Waals surface area (Å²) < 4.78 is 11.3. The number of amides is 1. The van der Waals surface area contributed by atoms with Crippen LogP contribution in [0.4, 0.5) is 0 Å². The molecule has 1 N–H and O–H groups in total. The molecule has 0 unspecified atom stereocenters. The first kappa shape index (κ1) is 17.9. The highest BCUT2D eigenvalue weighted by atomic mass is 32.1. The summed E-state index contributed by atoms with van der Waals surface area (Å²) in [5, 5.41) is 5.93. The molecule has 1 heterocycles. The van der Waals surface area contributed by atoms with E-state index in [1.54, 1.807) is 23.5 Å². The predicted molar refractivity (Wildman–Crippen MR) is 98.1 cm³/mol. The predicted octanol–water partition coefficient (Wildman–Crippen LogP) is 3.58. The summed E-state index contributed by atoms with van der Waals surface area (Å²) in [7, 11) is 0. The molecule has 0 spiro atoms. The highest BCUT2D eigenvalue weighted by Crippen LogP contribution is 2.28. The zero-order valence-corrected chi connectivity index (χ0v) is 15.3. The zero-order valence-electron chi connectivity index (χ0n) is 14.5. The van der Waals surface area contributed by atoms with Gasteiger partial charge in [0.2, 0.25) is 0 Å². The van der Waals surface area contributed by atoms with E-state index in [2.05, 4.69) is 10.3 Å². The molecule has 0 aliphatic heterocycles. The van der Waals surface area contributed by atoms with Crippen LogP contribution in [0.5, 0.6) is 5.75 Å². The quantitative estimate of drug-likeness (QED) is 0.658. The van der Waals surface area contributed by atoms with E-state index in [-0.39, 0.29) is 5.91 Å². The van der Waals surface area contributed by atoms with Gasteiger partial charge in [-0.1, -0.05) is 6.07 Å². The molecule has 1 aliphatic rings. The Morgan fingerprint density at radius 2 is 2.28 bits per heavy atom. The molecule has 1 saturated carbocycles. The molecule has 0 saturated heterocycles. The average Bonchev–Trinajstić information content (AvgIpc) is 3.36. The molecular weight excluding hydrogens is 336 g/mol. The Hall–Kier alpha value is -1.92. The minimum atomic E-state index is -0.0860. The monoisotopic (exact) mass is 360 g/mol. The number of carbonyl (C=O) groups excluding carboxylic acids is 1. The molecule has 1 aromatic carbocycles. The molecule has 2 aromatic rings. The van der Waals surface area contributed by atoms with E-state index in [9.17, 15) is 4.79 Å². The second-order valence-electron chi connectivity index (χ2n) is 6.30. The van der Waals surface area contributed by atoms with Crippen molar-refractivity contribution in [3.05, 3.63) is 45.9 Å². The van der Waals surface area contributed by atoms with Crippen LogP contribution in [0, 0.1) is 12.8 Å². The first-order valence-electron chi connectivity index (χ1n) is 8.70. The van der Waals surface area contributed by atoms with Gasteiger partial charge in [-0.3, -0.25) is 4.79 Å². The largest absolute Gasteiger partial charge is 0.487 e. The minimum absolute atomic E-state index is 0.0860. The van der Waals surface area contributed by atoms with Gasteiger partial charge in [-0.25, -0.2) is 4.98 Å². The molecule has 3 rings (SSSR count). The summed E-state index contributed by atoms with van der Waals surface area (Å²) in [6.07, 6.45) is 3.44. The van der Waals surface area contributed by atoms with Crippen molar-refractivity contribution < 1.29 is 14.3 Å². The number of rotatable bonds is 10. The number of nitrogens with zero attached hydrogens (tertiary/aromatic N) is 1. The second kappa shape index (κ2) is 8.97. The van der Waals surface area contributed by atoms with Crippen LogP contribution in [0.3, 0.4) is 0 Å². The number of aromatic nitrogens is 1. The number of benzene rings is 1. The maximum absolute atomic E-state index is 12.2. The minimum Gasteiger partial charge on any atom is -0.487 e. The number of hydrogen-bond donors (Lipinski definition) is 1. The van der Waals surface area contributed by atoms with Crippen LogP contribution in [0.2, 0.25) is 0 Å². The number of aryl methyl sites for hydroxylation is 1. The van der Waals surface area contributed by atoms with Gasteiger partial charge in [0.15, 0.2) is 0 Å². The number of ether oxygens (including phenoxy) is 2. The number of thiazole rings is 1. The summed E-state index contributed by atoms with van der Waals surface area (Å²) in [5.41, 5.74) is 1.51. The van der Waals surface area contributed by atoms with E-state index < -0.39 is 0 Å². The zero-order chi connectivity index (χ0) is 17.5. The van der Waals surface area contributed by atoms with Crippen LogP contribution in [0.1, 0.15) is 40.3 Å². The van der Waals surface area contributed by atoms with Crippen LogP contribution in [-0.2, 0) is 11.3 Å².